The number of imide groups is 1. The van der Waals surface area contributed by atoms with Crippen molar-refractivity contribution in [3.8, 4) is 0 Å². The van der Waals surface area contributed by atoms with Gasteiger partial charge in [0.05, 0.1) is 31.0 Å². The number of methoxy groups -OCH3 is 1. The van der Waals surface area contributed by atoms with Gasteiger partial charge in [0.25, 0.3) is 11.7 Å². The fourth-order valence-electron chi connectivity index (χ4n) is 4.05. The quantitative estimate of drug-likeness (QED) is 0.547. The number of aromatic amines is 1. The van der Waals surface area contributed by atoms with Gasteiger partial charge in [-0.2, -0.15) is 0 Å². The average molecular weight is 396 g/mol. The van der Waals surface area contributed by atoms with Gasteiger partial charge in [-0.25, -0.2) is 14.7 Å². The average Bonchev–Trinajstić information content (AvgIpc) is 3.08. The van der Waals surface area contributed by atoms with Crippen LogP contribution in [-0.4, -0.2) is 57.1 Å². The van der Waals surface area contributed by atoms with Crippen molar-refractivity contribution < 1.29 is 29.0 Å². The van der Waals surface area contributed by atoms with Crippen molar-refractivity contribution >= 4 is 29.3 Å². The molecule has 2 aromatic rings. The molecule has 2 amide bonds. The van der Waals surface area contributed by atoms with Crippen LogP contribution in [-0.2, 0) is 14.3 Å². The van der Waals surface area contributed by atoms with Gasteiger partial charge in [-0.3, -0.25) is 14.5 Å². The van der Waals surface area contributed by atoms with Gasteiger partial charge in [0.1, 0.15) is 26.2 Å². The van der Waals surface area contributed by atoms with E-state index in [0.717, 1.165) is 36.9 Å². The number of anilines is 2. The number of aromatic nitrogens is 1. The van der Waals surface area contributed by atoms with Crippen molar-refractivity contribution in [1.82, 2.24) is 0 Å². The fourth-order valence-corrected chi connectivity index (χ4v) is 4.05. The highest BCUT2D eigenvalue weighted by Gasteiger charge is 2.47. The van der Waals surface area contributed by atoms with Gasteiger partial charge in [0, 0.05) is 6.07 Å². The molecule has 2 aliphatic heterocycles. The summed E-state index contributed by atoms with van der Waals surface area (Å²) in [4.78, 5) is 45.1. The third kappa shape index (κ3) is 3.71. The SMILES string of the molecule is COC(=O)c1ccc(N2C(=O)C[C@@H]([NH+]3CCN(c4cccc[nH+]4)CC3)C2=O)cc1. The molecule has 8 heteroatoms. The van der Waals surface area contributed by atoms with Crippen LogP contribution in [0.3, 0.4) is 0 Å². The van der Waals surface area contributed by atoms with Crippen molar-refractivity contribution in [2.75, 3.05) is 43.1 Å². The molecule has 4 rings (SSSR count). The summed E-state index contributed by atoms with van der Waals surface area (Å²) in [7, 11) is 1.31. The summed E-state index contributed by atoms with van der Waals surface area (Å²) in [5.74, 6) is 0.242. The largest absolute Gasteiger partial charge is 0.465 e. The summed E-state index contributed by atoms with van der Waals surface area (Å²) in [5, 5.41) is 0. The molecular weight excluding hydrogens is 372 g/mol. The predicted octanol–water partition coefficient (Wildman–Crippen LogP) is -0.676. The van der Waals surface area contributed by atoms with Gasteiger partial charge in [0.2, 0.25) is 5.91 Å². The van der Waals surface area contributed by atoms with E-state index in [1.807, 2.05) is 24.4 Å². The molecule has 0 aliphatic carbocycles. The van der Waals surface area contributed by atoms with Crippen molar-refractivity contribution in [2.24, 2.45) is 0 Å². The van der Waals surface area contributed by atoms with Crippen LogP contribution < -0.4 is 19.7 Å². The van der Waals surface area contributed by atoms with Crippen LogP contribution in [0.5, 0.6) is 0 Å². The zero-order chi connectivity index (χ0) is 20.4. The molecule has 2 saturated heterocycles. The number of H-pyrrole nitrogens is 1. The lowest BCUT2D eigenvalue weighted by Crippen LogP contribution is -3.19. The number of hydrogen-bond donors (Lipinski definition) is 1. The standard InChI is InChI=1S/C21H22N4O4/c1-29-21(28)15-5-7-16(8-6-15)25-19(26)14-17(20(25)27)23-10-12-24(13-11-23)18-4-2-3-9-22-18/h2-9,17H,10-14H2,1H3/p+2/t17-/m1/s1. The Morgan fingerprint density at radius 1 is 1.10 bits per heavy atom. The van der Waals surface area contributed by atoms with Gasteiger partial charge in [-0.05, 0) is 30.3 Å². The first-order valence-electron chi connectivity index (χ1n) is 9.70. The number of carbonyl (C=O) groups is 3. The number of ether oxygens (including phenoxy) is 1. The Morgan fingerprint density at radius 3 is 2.45 bits per heavy atom. The van der Waals surface area contributed by atoms with Crippen molar-refractivity contribution in [1.29, 1.82) is 0 Å². The highest BCUT2D eigenvalue weighted by atomic mass is 16.5. The zero-order valence-electron chi connectivity index (χ0n) is 16.3. The summed E-state index contributed by atoms with van der Waals surface area (Å²) >= 11 is 0. The van der Waals surface area contributed by atoms with E-state index >= 15 is 0 Å². The van der Waals surface area contributed by atoms with Crippen LogP contribution >= 0.6 is 0 Å². The summed E-state index contributed by atoms with van der Waals surface area (Å²) in [5.41, 5.74) is 0.874. The number of nitrogens with one attached hydrogen (secondary N) is 2. The van der Waals surface area contributed by atoms with Crippen LogP contribution in [0.25, 0.3) is 0 Å². The second-order valence-corrected chi connectivity index (χ2v) is 7.26. The molecule has 1 aromatic carbocycles. The monoisotopic (exact) mass is 396 g/mol. The number of esters is 1. The number of rotatable bonds is 4. The molecular formula is C21H24N4O4+2. The number of carbonyl (C=O) groups excluding carboxylic acids is 3. The lowest BCUT2D eigenvalue weighted by molar-refractivity contribution is -0.915. The van der Waals surface area contributed by atoms with Crippen LogP contribution in [0, 0.1) is 0 Å². The number of amides is 2. The lowest BCUT2D eigenvalue weighted by Gasteiger charge is -2.31. The third-order valence-corrected chi connectivity index (χ3v) is 5.63. The maximum Gasteiger partial charge on any atom is 0.337 e. The highest BCUT2D eigenvalue weighted by molar-refractivity contribution is 6.22. The second-order valence-electron chi connectivity index (χ2n) is 7.26. The Morgan fingerprint density at radius 2 is 1.83 bits per heavy atom. The smallest absolute Gasteiger partial charge is 0.337 e. The van der Waals surface area contributed by atoms with E-state index in [4.69, 9.17) is 0 Å². The summed E-state index contributed by atoms with van der Waals surface area (Å²) in [6.07, 6.45) is 2.11. The lowest BCUT2D eigenvalue weighted by atomic mass is 10.1. The molecule has 0 bridgehead atoms. The molecule has 0 unspecified atom stereocenters. The van der Waals surface area contributed by atoms with Crippen molar-refractivity contribution in [3.63, 3.8) is 0 Å². The molecule has 0 saturated carbocycles. The summed E-state index contributed by atoms with van der Waals surface area (Å²) in [6, 6.07) is 12.0. The van der Waals surface area contributed by atoms with E-state index in [1.54, 1.807) is 24.3 Å². The minimum atomic E-state index is -0.452. The summed E-state index contributed by atoms with van der Waals surface area (Å²) in [6.45, 7) is 3.23. The van der Waals surface area contributed by atoms with Crippen LogP contribution in [0.15, 0.2) is 48.7 Å². The molecule has 1 atom stereocenters. The Bertz CT molecular complexity index is 908. The number of pyridine rings is 1. The molecule has 150 valence electrons. The number of benzene rings is 1. The first-order chi connectivity index (χ1) is 14.1. The number of hydrogen-bond acceptors (Lipinski definition) is 5. The molecule has 2 N–H and O–H groups in total. The second kappa shape index (κ2) is 8.00. The van der Waals surface area contributed by atoms with E-state index in [1.165, 1.54) is 12.0 Å². The minimum Gasteiger partial charge on any atom is -0.465 e. The number of nitrogens with zero attached hydrogens (tertiary/aromatic N) is 2. The van der Waals surface area contributed by atoms with Crippen molar-refractivity contribution in [2.45, 2.75) is 12.5 Å². The molecule has 1 aromatic heterocycles. The minimum absolute atomic E-state index is 0.171. The van der Waals surface area contributed by atoms with E-state index in [-0.39, 0.29) is 24.3 Å². The zero-order valence-corrected chi connectivity index (χ0v) is 16.3. The predicted molar refractivity (Wildman–Crippen MR) is 105 cm³/mol. The third-order valence-electron chi connectivity index (χ3n) is 5.63. The molecule has 2 fully saturated rings. The Kier molecular flexibility index (Phi) is 5.26. The molecule has 0 radical (unpaired) electrons. The highest BCUT2D eigenvalue weighted by Crippen LogP contribution is 2.23. The van der Waals surface area contributed by atoms with E-state index in [9.17, 15) is 14.4 Å². The molecule has 2 aliphatic rings. The van der Waals surface area contributed by atoms with Crippen LogP contribution in [0.1, 0.15) is 16.8 Å². The van der Waals surface area contributed by atoms with Gasteiger partial charge in [-0.15, -0.1) is 0 Å². The van der Waals surface area contributed by atoms with Crippen LogP contribution in [0.2, 0.25) is 0 Å². The van der Waals surface area contributed by atoms with E-state index in [0.29, 0.717) is 11.3 Å². The first-order valence-corrected chi connectivity index (χ1v) is 9.70. The van der Waals surface area contributed by atoms with Crippen molar-refractivity contribution in [3.05, 3.63) is 54.2 Å². The van der Waals surface area contributed by atoms with Gasteiger partial charge >= 0.3 is 5.97 Å². The van der Waals surface area contributed by atoms with Gasteiger partial charge < -0.3 is 9.64 Å². The topological polar surface area (TPSA) is 85.5 Å². The van der Waals surface area contributed by atoms with Gasteiger partial charge in [-0.1, -0.05) is 6.07 Å². The maximum absolute atomic E-state index is 13.0. The van der Waals surface area contributed by atoms with E-state index in [2.05, 4.69) is 14.6 Å². The fraction of sp³-hybridized carbons (Fsp3) is 0.333. The maximum atomic E-state index is 13.0. The number of quaternary nitrogens is 1. The normalized spacial score (nSPS) is 20.2. The summed E-state index contributed by atoms with van der Waals surface area (Å²) < 4.78 is 4.68. The number of piperazine rings is 1. The van der Waals surface area contributed by atoms with E-state index < -0.39 is 5.97 Å². The Labute approximate surface area is 168 Å². The Balaban J connectivity index is 1.43. The Hall–Kier alpha value is -3.26. The van der Waals surface area contributed by atoms with Gasteiger partial charge in [0.15, 0.2) is 6.04 Å². The first kappa shape index (κ1) is 19.1. The molecule has 29 heavy (non-hydrogen) atoms. The van der Waals surface area contributed by atoms with Crippen LogP contribution in [0.4, 0.5) is 11.5 Å². The molecule has 3 heterocycles. The molecule has 0 spiro atoms. The molecule has 8 nitrogen and oxygen atoms in total.